The molecule has 0 bridgehead atoms. The van der Waals surface area contributed by atoms with Crippen LogP contribution in [0.25, 0.3) is 28.8 Å². The smallest absolute Gasteiger partial charge is 0.248 e. The standard InChI is InChI=1S/C22H17N7O/c1-3-21(30)27-20-8-15(6-7-24-20)4-5-16-9-17(19-12-25-28(2)13-19)14-29-22(16)18(10-23)11-26-29/h3-9,11-14H,1H2,2H3,(H,24,27,30)/b5-4+. The van der Waals surface area contributed by atoms with Gasteiger partial charge in [-0.3, -0.25) is 9.48 Å². The molecule has 0 aliphatic heterocycles. The Kier molecular flexibility index (Phi) is 4.93. The largest absolute Gasteiger partial charge is 0.307 e. The van der Waals surface area contributed by atoms with Gasteiger partial charge in [0, 0.05) is 42.3 Å². The van der Waals surface area contributed by atoms with Gasteiger partial charge in [0.15, 0.2) is 0 Å². The van der Waals surface area contributed by atoms with Crippen molar-refractivity contribution < 1.29 is 4.79 Å². The van der Waals surface area contributed by atoms with E-state index in [4.69, 9.17) is 0 Å². The molecule has 4 aromatic heterocycles. The molecule has 0 aromatic carbocycles. The zero-order valence-electron chi connectivity index (χ0n) is 16.1. The summed E-state index contributed by atoms with van der Waals surface area (Å²) in [5, 5.41) is 20.7. The van der Waals surface area contributed by atoms with Gasteiger partial charge in [-0.15, -0.1) is 0 Å². The van der Waals surface area contributed by atoms with Crippen molar-refractivity contribution in [3.05, 3.63) is 78.5 Å². The molecule has 0 fully saturated rings. The number of aryl methyl sites for hydroxylation is 1. The third-order valence-electron chi connectivity index (χ3n) is 4.48. The summed E-state index contributed by atoms with van der Waals surface area (Å²) in [5.74, 6) is 0.103. The Labute approximate surface area is 172 Å². The zero-order chi connectivity index (χ0) is 21.1. The molecule has 0 radical (unpaired) electrons. The van der Waals surface area contributed by atoms with Crippen LogP contribution in [0.1, 0.15) is 16.7 Å². The van der Waals surface area contributed by atoms with E-state index in [0.717, 1.165) is 27.8 Å². The van der Waals surface area contributed by atoms with Crippen LogP contribution in [0, 0.1) is 11.3 Å². The van der Waals surface area contributed by atoms with Crippen LogP contribution in [0.5, 0.6) is 0 Å². The molecule has 8 nitrogen and oxygen atoms in total. The number of nitrogens with zero attached hydrogens (tertiary/aromatic N) is 6. The average molecular weight is 395 g/mol. The number of anilines is 1. The van der Waals surface area contributed by atoms with Crippen molar-refractivity contribution >= 4 is 29.4 Å². The minimum absolute atomic E-state index is 0.326. The van der Waals surface area contributed by atoms with Gasteiger partial charge in [-0.25, -0.2) is 9.50 Å². The maximum Gasteiger partial charge on any atom is 0.248 e. The molecule has 0 atom stereocenters. The van der Waals surface area contributed by atoms with Crippen LogP contribution < -0.4 is 5.32 Å². The molecule has 30 heavy (non-hydrogen) atoms. The first-order valence-electron chi connectivity index (χ1n) is 9.05. The number of hydrogen-bond acceptors (Lipinski definition) is 5. The van der Waals surface area contributed by atoms with E-state index in [2.05, 4.69) is 33.1 Å². The Morgan fingerprint density at radius 2 is 2.07 bits per heavy atom. The summed E-state index contributed by atoms with van der Waals surface area (Å²) in [6.45, 7) is 3.44. The van der Waals surface area contributed by atoms with Crippen LogP contribution in [-0.4, -0.2) is 30.3 Å². The molecule has 0 aliphatic rings. The molecule has 1 N–H and O–H groups in total. The molecule has 4 rings (SSSR count). The average Bonchev–Trinajstić information content (AvgIpc) is 3.38. The normalized spacial score (nSPS) is 10.9. The molecular weight excluding hydrogens is 378 g/mol. The molecule has 4 aromatic rings. The highest BCUT2D eigenvalue weighted by Gasteiger charge is 2.11. The van der Waals surface area contributed by atoms with Gasteiger partial charge in [-0.1, -0.05) is 18.7 Å². The van der Waals surface area contributed by atoms with E-state index in [-0.39, 0.29) is 5.91 Å². The van der Waals surface area contributed by atoms with E-state index >= 15 is 0 Å². The number of carbonyl (C=O) groups is 1. The van der Waals surface area contributed by atoms with Crippen molar-refractivity contribution in [1.29, 1.82) is 5.26 Å². The summed E-state index contributed by atoms with van der Waals surface area (Å²) in [6, 6.07) is 7.76. The van der Waals surface area contributed by atoms with Crippen molar-refractivity contribution in [2.75, 3.05) is 5.32 Å². The number of nitriles is 1. The number of carbonyl (C=O) groups excluding carboxylic acids is 1. The predicted molar refractivity (Wildman–Crippen MR) is 114 cm³/mol. The van der Waals surface area contributed by atoms with E-state index in [9.17, 15) is 10.1 Å². The predicted octanol–water partition coefficient (Wildman–Crippen LogP) is 3.30. The van der Waals surface area contributed by atoms with Gasteiger partial charge in [0.25, 0.3) is 0 Å². The Bertz CT molecular complexity index is 1340. The third-order valence-corrected chi connectivity index (χ3v) is 4.48. The first-order valence-corrected chi connectivity index (χ1v) is 9.05. The first kappa shape index (κ1) is 18.8. The third kappa shape index (κ3) is 3.72. The van der Waals surface area contributed by atoms with Crippen molar-refractivity contribution in [3.63, 3.8) is 0 Å². The zero-order valence-corrected chi connectivity index (χ0v) is 16.1. The molecule has 0 saturated carbocycles. The van der Waals surface area contributed by atoms with Gasteiger partial charge in [-0.05, 0) is 29.8 Å². The Morgan fingerprint density at radius 3 is 2.80 bits per heavy atom. The maximum atomic E-state index is 11.5. The molecule has 8 heteroatoms. The van der Waals surface area contributed by atoms with Crippen LogP contribution in [0.3, 0.4) is 0 Å². The fourth-order valence-corrected chi connectivity index (χ4v) is 3.07. The summed E-state index contributed by atoms with van der Waals surface area (Å²) in [4.78, 5) is 15.6. The first-order chi connectivity index (χ1) is 14.6. The minimum Gasteiger partial charge on any atom is -0.307 e. The Hall–Kier alpha value is -4.51. The van der Waals surface area contributed by atoms with Crippen molar-refractivity contribution in [2.24, 2.45) is 7.05 Å². The monoisotopic (exact) mass is 395 g/mol. The summed E-state index contributed by atoms with van der Waals surface area (Å²) < 4.78 is 3.43. The lowest BCUT2D eigenvalue weighted by Crippen LogP contribution is -2.08. The highest BCUT2D eigenvalue weighted by molar-refractivity contribution is 5.98. The van der Waals surface area contributed by atoms with Crippen LogP contribution in [0.2, 0.25) is 0 Å². The van der Waals surface area contributed by atoms with Crippen molar-refractivity contribution in [2.45, 2.75) is 0 Å². The summed E-state index contributed by atoms with van der Waals surface area (Å²) in [6.07, 6.45) is 13.7. The van der Waals surface area contributed by atoms with Gasteiger partial charge in [-0.2, -0.15) is 15.5 Å². The van der Waals surface area contributed by atoms with E-state index in [1.165, 1.54) is 6.08 Å². The molecule has 0 aliphatic carbocycles. The van der Waals surface area contributed by atoms with E-state index in [1.54, 1.807) is 33.9 Å². The van der Waals surface area contributed by atoms with Crippen LogP contribution >= 0.6 is 0 Å². The van der Waals surface area contributed by atoms with Crippen LogP contribution in [0.4, 0.5) is 5.82 Å². The highest BCUT2D eigenvalue weighted by Crippen LogP contribution is 2.26. The highest BCUT2D eigenvalue weighted by atomic mass is 16.1. The fourth-order valence-electron chi connectivity index (χ4n) is 3.07. The summed E-state index contributed by atoms with van der Waals surface area (Å²) >= 11 is 0. The summed E-state index contributed by atoms with van der Waals surface area (Å²) in [7, 11) is 1.86. The van der Waals surface area contributed by atoms with Crippen LogP contribution in [0.15, 0.2) is 61.8 Å². The lowest BCUT2D eigenvalue weighted by atomic mass is 10.1. The van der Waals surface area contributed by atoms with Gasteiger partial charge in [0.05, 0.1) is 23.5 Å². The number of rotatable bonds is 5. The lowest BCUT2D eigenvalue weighted by Gasteiger charge is -2.05. The number of fused-ring (bicyclic) bond motifs is 1. The van der Waals surface area contributed by atoms with Gasteiger partial charge in [0.1, 0.15) is 11.9 Å². The van der Waals surface area contributed by atoms with Gasteiger partial charge in [0.2, 0.25) is 5.91 Å². The van der Waals surface area contributed by atoms with Gasteiger partial charge < -0.3 is 5.32 Å². The summed E-state index contributed by atoms with van der Waals surface area (Å²) in [5.41, 5.74) is 4.75. The molecule has 146 valence electrons. The number of nitrogens with one attached hydrogen (secondary N) is 1. The molecule has 0 unspecified atom stereocenters. The Morgan fingerprint density at radius 1 is 1.20 bits per heavy atom. The number of amides is 1. The van der Waals surface area contributed by atoms with E-state index in [1.807, 2.05) is 43.7 Å². The number of aromatic nitrogens is 5. The maximum absolute atomic E-state index is 11.5. The molecular formula is C22H17N7O. The molecule has 0 spiro atoms. The second-order valence-corrected chi connectivity index (χ2v) is 6.55. The second kappa shape index (κ2) is 7.85. The van der Waals surface area contributed by atoms with Gasteiger partial charge >= 0.3 is 0 Å². The van der Waals surface area contributed by atoms with E-state index < -0.39 is 0 Å². The number of hydrogen-bond donors (Lipinski definition) is 1. The molecule has 1 amide bonds. The minimum atomic E-state index is -0.326. The van der Waals surface area contributed by atoms with Crippen molar-refractivity contribution in [3.8, 4) is 17.2 Å². The second-order valence-electron chi connectivity index (χ2n) is 6.55. The fraction of sp³-hybridized carbons (Fsp3) is 0.0455. The van der Waals surface area contributed by atoms with E-state index in [0.29, 0.717) is 11.4 Å². The quantitative estimate of drug-likeness (QED) is 0.523. The number of pyridine rings is 2. The topological polar surface area (TPSA) is 101 Å². The van der Waals surface area contributed by atoms with Crippen molar-refractivity contribution in [1.82, 2.24) is 24.4 Å². The molecule has 4 heterocycles. The Balaban J connectivity index is 1.77. The SMILES string of the molecule is C=CC(=O)Nc1cc(/C=C/c2cc(-c3cnn(C)c3)cn3ncc(C#N)c23)ccn1. The lowest BCUT2D eigenvalue weighted by molar-refractivity contribution is -0.111. The van der Waals surface area contributed by atoms with Crippen LogP contribution in [-0.2, 0) is 11.8 Å². The molecule has 0 saturated heterocycles.